The van der Waals surface area contributed by atoms with Gasteiger partial charge in [0.05, 0.1) is 0 Å². The van der Waals surface area contributed by atoms with Gasteiger partial charge in [0.2, 0.25) is 6.43 Å². The summed E-state index contributed by atoms with van der Waals surface area (Å²) in [5, 5.41) is 0.327. The van der Waals surface area contributed by atoms with Crippen molar-refractivity contribution in [2.75, 3.05) is 0 Å². The first-order valence-electron chi connectivity index (χ1n) is 3.75. The van der Waals surface area contributed by atoms with Gasteiger partial charge in [-0.1, -0.05) is 17.7 Å². The lowest BCUT2D eigenvalue weighted by molar-refractivity contribution is 0.128. The summed E-state index contributed by atoms with van der Waals surface area (Å²) in [7, 11) is 0. The minimum atomic E-state index is -2.40. The number of rotatable bonds is 3. The molecule has 0 unspecified atom stereocenters. The maximum atomic E-state index is 11.9. The Labute approximate surface area is 91.9 Å². The van der Waals surface area contributed by atoms with Crippen LogP contribution in [0.3, 0.4) is 0 Å². The van der Waals surface area contributed by atoms with E-state index >= 15 is 0 Å². The summed E-state index contributed by atoms with van der Waals surface area (Å²) in [6.45, 7) is 0. The number of nitrogens with two attached hydrogens (primary N) is 1. The molecule has 1 aromatic heterocycles. The van der Waals surface area contributed by atoms with E-state index in [1.807, 2.05) is 0 Å². The van der Waals surface area contributed by atoms with Crippen LogP contribution in [0.25, 0.3) is 0 Å². The molecule has 0 saturated carbocycles. The predicted molar refractivity (Wildman–Crippen MR) is 54.0 cm³/mol. The summed E-state index contributed by atoms with van der Waals surface area (Å²) in [5.41, 5.74) is 6.06. The summed E-state index contributed by atoms with van der Waals surface area (Å²) in [4.78, 5) is 3.75. The zero-order valence-corrected chi connectivity index (χ0v) is 8.73. The van der Waals surface area contributed by atoms with Crippen molar-refractivity contribution in [1.29, 1.82) is 0 Å². The van der Waals surface area contributed by atoms with Crippen LogP contribution in [-0.2, 0) is 0 Å². The second kappa shape index (κ2) is 6.11. The minimum absolute atomic E-state index is 0. The molecule has 2 N–H and O–H groups in total. The number of aromatic nitrogens is 1. The standard InChI is InChI=1S/C8H9ClF2N2.ClH/c9-7-2-1-5(4-13-7)6(12)3-8(10)11;/h1-2,4,6,8H,3,12H2;1H/t6-;/m1./s1. The van der Waals surface area contributed by atoms with E-state index in [2.05, 4.69) is 4.98 Å². The molecule has 2 nitrogen and oxygen atoms in total. The maximum absolute atomic E-state index is 11.9. The van der Waals surface area contributed by atoms with Crippen LogP contribution in [0.15, 0.2) is 18.3 Å². The van der Waals surface area contributed by atoms with E-state index in [9.17, 15) is 8.78 Å². The highest BCUT2D eigenvalue weighted by atomic mass is 35.5. The van der Waals surface area contributed by atoms with Gasteiger partial charge in [0, 0.05) is 18.7 Å². The normalized spacial score (nSPS) is 12.4. The first kappa shape index (κ1) is 13.5. The first-order chi connectivity index (χ1) is 6.09. The molecule has 0 aromatic carbocycles. The number of hydrogen-bond donors (Lipinski definition) is 1. The Balaban J connectivity index is 0.00000169. The van der Waals surface area contributed by atoms with E-state index in [4.69, 9.17) is 17.3 Å². The van der Waals surface area contributed by atoms with Gasteiger partial charge in [-0.15, -0.1) is 12.4 Å². The molecule has 1 rings (SSSR count). The number of alkyl halides is 2. The Bertz CT molecular complexity index is 267. The zero-order chi connectivity index (χ0) is 9.84. The number of nitrogens with zero attached hydrogens (tertiary/aromatic N) is 1. The predicted octanol–water partition coefficient (Wildman–Crippen LogP) is 2.81. The Morgan fingerprint density at radius 1 is 1.43 bits per heavy atom. The van der Waals surface area contributed by atoms with Crippen molar-refractivity contribution < 1.29 is 8.78 Å². The maximum Gasteiger partial charge on any atom is 0.240 e. The van der Waals surface area contributed by atoms with Crippen molar-refractivity contribution in [3.8, 4) is 0 Å². The van der Waals surface area contributed by atoms with Crippen LogP contribution in [-0.4, -0.2) is 11.4 Å². The van der Waals surface area contributed by atoms with Crippen molar-refractivity contribution in [3.63, 3.8) is 0 Å². The molecule has 0 aliphatic heterocycles. The van der Waals surface area contributed by atoms with Crippen LogP contribution >= 0.6 is 24.0 Å². The average molecular weight is 243 g/mol. The summed E-state index contributed by atoms with van der Waals surface area (Å²) in [5.74, 6) is 0. The Hall–Kier alpha value is -0.450. The molecule has 1 atom stereocenters. The molecule has 0 amide bonds. The summed E-state index contributed by atoms with van der Waals surface area (Å²) >= 11 is 5.52. The molecule has 1 heterocycles. The van der Waals surface area contributed by atoms with Gasteiger partial charge in [-0.05, 0) is 11.6 Å². The van der Waals surface area contributed by atoms with Gasteiger partial charge < -0.3 is 5.73 Å². The lowest BCUT2D eigenvalue weighted by Gasteiger charge is -2.10. The molecule has 6 heteroatoms. The second-order valence-corrected chi connectivity index (χ2v) is 3.03. The van der Waals surface area contributed by atoms with Crippen molar-refractivity contribution in [1.82, 2.24) is 4.98 Å². The largest absolute Gasteiger partial charge is 0.324 e. The van der Waals surface area contributed by atoms with Gasteiger partial charge in [-0.25, -0.2) is 13.8 Å². The number of pyridine rings is 1. The fourth-order valence-electron chi connectivity index (χ4n) is 0.935. The molecular weight excluding hydrogens is 233 g/mol. The molecule has 0 saturated heterocycles. The van der Waals surface area contributed by atoms with Gasteiger partial charge in [0.1, 0.15) is 5.15 Å². The highest BCUT2D eigenvalue weighted by Crippen LogP contribution is 2.18. The monoisotopic (exact) mass is 242 g/mol. The fourth-order valence-corrected chi connectivity index (χ4v) is 1.05. The second-order valence-electron chi connectivity index (χ2n) is 2.65. The molecule has 80 valence electrons. The Morgan fingerprint density at radius 2 is 2.07 bits per heavy atom. The van der Waals surface area contributed by atoms with Gasteiger partial charge in [-0.2, -0.15) is 0 Å². The highest BCUT2D eigenvalue weighted by molar-refractivity contribution is 6.29. The minimum Gasteiger partial charge on any atom is -0.324 e. The van der Waals surface area contributed by atoms with Crippen LogP contribution in [0.2, 0.25) is 5.15 Å². The average Bonchev–Trinajstić information content (AvgIpc) is 2.04. The fraction of sp³-hybridized carbons (Fsp3) is 0.375. The van der Waals surface area contributed by atoms with Crippen molar-refractivity contribution >= 4 is 24.0 Å². The molecule has 0 bridgehead atoms. The van der Waals surface area contributed by atoms with Gasteiger partial charge >= 0.3 is 0 Å². The molecule has 0 fully saturated rings. The molecule has 0 aliphatic carbocycles. The third kappa shape index (κ3) is 4.17. The van der Waals surface area contributed by atoms with Crippen LogP contribution < -0.4 is 5.73 Å². The molecule has 0 radical (unpaired) electrons. The van der Waals surface area contributed by atoms with Gasteiger partial charge in [0.15, 0.2) is 0 Å². The molecular formula is C8H10Cl2F2N2. The van der Waals surface area contributed by atoms with E-state index in [1.54, 1.807) is 6.07 Å². The highest BCUT2D eigenvalue weighted by Gasteiger charge is 2.12. The van der Waals surface area contributed by atoms with Crippen LogP contribution in [0, 0.1) is 0 Å². The third-order valence-electron chi connectivity index (χ3n) is 1.61. The van der Waals surface area contributed by atoms with Crippen LogP contribution in [0.5, 0.6) is 0 Å². The Kier molecular flexibility index (Phi) is 5.92. The topological polar surface area (TPSA) is 38.9 Å². The lowest BCUT2D eigenvalue weighted by atomic mass is 10.1. The third-order valence-corrected chi connectivity index (χ3v) is 1.83. The quantitative estimate of drug-likeness (QED) is 0.829. The van der Waals surface area contributed by atoms with Crippen molar-refractivity contribution in [2.24, 2.45) is 5.73 Å². The van der Waals surface area contributed by atoms with E-state index in [1.165, 1.54) is 12.3 Å². The molecule has 0 aliphatic rings. The first-order valence-corrected chi connectivity index (χ1v) is 4.12. The van der Waals surface area contributed by atoms with Crippen molar-refractivity contribution in [3.05, 3.63) is 29.0 Å². The summed E-state index contributed by atoms with van der Waals surface area (Å²) < 4.78 is 23.8. The number of hydrogen-bond acceptors (Lipinski definition) is 2. The molecule has 1 aromatic rings. The van der Waals surface area contributed by atoms with Crippen molar-refractivity contribution in [2.45, 2.75) is 18.9 Å². The van der Waals surface area contributed by atoms with Gasteiger partial charge in [-0.3, -0.25) is 0 Å². The van der Waals surface area contributed by atoms with E-state index in [0.29, 0.717) is 10.7 Å². The SMILES string of the molecule is Cl.N[C@H](CC(F)F)c1ccc(Cl)nc1. The smallest absolute Gasteiger partial charge is 0.240 e. The lowest BCUT2D eigenvalue weighted by Crippen LogP contribution is -2.14. The number of halogens is 4. The molecule has 0 spiro atoms. The summed E-state index contributed by atoms with van der Waals surface area (Å²) in [6.07, 6.45) is -1.34. The zero-order valence-electron chi connectivity index (χ0n) is 7.16. The van der Waals surface area contributed by atoms with Crippen LogP contribution in [0.4, 0.5) is 8.78 Å². The Morgan fingerprint density at radius 3 is 2.50 bits per heavy atom. The van der Waals surface area contributed by atoms with E-state index in [0.717, 1.165) is 0 Å². The molecule has 14 heavy (non-hydrogen) atoms. The van der Waals surface area contributed by atoms with Crippen LogP contribution in [0.1, 0.15) is 18.0 Å². The summed E-state index contributed by atoms with van der Waals surface area (Å²) in [6, 6.07) is 2.45. The van der Waals surface area contributed by atoms with Gasteiger partial charge in [0.25, 0.3) is 0 Å². The van der Waals surface area contributed by atoms with E-state index in [-0.39, 0.29) is 18.8 Å². The van der Waals surface area contributed by atoms with E-state index < -0.39 is 12.5 Å².